The zero-order valence-electron chi connectivity index (χ0n) is 10.1. The summed E-state index contributed by atoms with van der Waals surface area (Å²) in [4.78, 5) is 11.2. The second-order valence-electron chi connectivity index (χ2n) is 4.30. The van der Waals surface area contributed by atoms with E-state index < -0.39 is 12.6 Å². The number of carbonyl (C=O) groups excluding carboxylic acids is 1. The van der Waals surface area contributed by atoms with Gasteiger partial charge in [0.2, 0.25) is 5.91 Å². The molecule has 0 aromatic heterocycles. The number of hydrogen-bond acceptors (Lipinski definition) is 2. The molecule has 0 fully saturated rings. The van der Waals surface area contributed by atoms with Crippen LogP contribution < -0.4 is 11.1 Å². The quantitative estimate of drug-likeness (QED) is 0.652. The van der Waals surface area contributed by atoms with E-state index in [2.05, 4.69) is 5.32 Å². The van der Waals surface area contributed by atoms with Gasteiger partial charge in [-0.25, -0.2) is 0 Å². The number of nitrogens with two attached hydrogens (primary N) is 1. The predicted molar refractivity (Wildman–Crippen MR) is 60.4 cm³/mol. The van der Waals surface area contributed by atoms with E-state index in [0.717, 1.165) is 0 Å². The Balaban J connectivity index is 3.40. The van der Waals surface area contributed by atoms with Crippen molar-refractivity contribution in [2.24, 2.45) is 11.7 Å². The van der Waals surface area contributed by atoms with E-state index in [1.165, 1.54) is 0 Å². The van der Waals surface area contributed by atoms with Crippen LogP contribution in [0.15, 0.2) is 0 Å². The van der Waals surface area contributed by atoms with E-state index in [-0.39, 0.29) is 12.3 Å². The molecule has 0 aliphatic carbocycles. The van der Waals surface area contributed by atoms with Crippen molar-refractivity contribution < 1.29 is 18.0 Å². The Labute approximate surface area is 99.9 Å². The monoisotopic (exact) mass is 254 g/mol. The van der Waals surface area contributed by atoms with E-state index in [1.54, 1.807) is 0 Å². The molecule has 17 heavy (non-hydrogen) atoms. The van der Waals surface area contributed by atoms with Crippen LogP contribution in [0, 0.1) is 5.92 Å². The molecule has 0 rings (SSSR count). The van der Waals surface area contributed by atoms with Crippen molar-refractivity contribution in [3.8, 4) is 0 Å². The summed E-state index contributed by atoms with van der Waals surface area (Å²) in [5, 5.41) is 2.60. The summed E-state index contributed by atoms with van der Waals surface area (Å²) in [5.74, 6) is 0.184. The zero-order valence-corrected chi connectivity index (χ0v) is 10.1. The minimum Gasteiger partial charge on any atom is -0.356 e. The van der Waals surface area contributed by atoms with Crippen molar-refractivity contribution in [1.29, 1.82) is 0 Å². The summed E-state index contributed by atoms with van der Waals surface area (Å²) in [6.45, 7) is 2.81. The smallest absolute Gasteiger partial charge is 0.356 e. The Morgan fingerprint density at radius 3 is 2.53 bits per heavy atom. The molecule has 0 aromatic rings. The lowest BCUT2D eigenvalue weighted by Gasteiger charge is -2.09. The fraction of sp³-hybridized carbons (Fsp3) is 0.909. The van der Waals surface area contributed by atoms with Crippen molar-refractivity contribution in [1.82, 2.24) is 5.32 Å². The van der Waals surface area contributed by atoms with Crippen LogP contribution in [0.1, 0.15) is 39.0 Å². The highest BCUT2D eigenvalue weighted by Crippen LogP contribution is 2.21. The first kappa shape index (κ1) is 16.2. The maximum atomic E-state index is 11.8. The molecule has 102 valence electrons. The Hall–Kier alpha value is -0.780. The van der Waals surface area contributed by atoms with Gasteiger partial charge in [-0.3, -0.25) is 4.79 Å². The van der Waals surface area contributed by atoms with Crippen LogP contribution in [0.4, 0.5) is 13.2 Å². The average molecular weight is 254 g/mol. The number of unbranched alkanes of at least 4 members (excludes halogenated alkanes) is 1. The van der Waals surface area contributed by atoms with Crippen LogP contribution in [-0.4, -0.2) is 25.2 Å². The largest absolute Gasteiger partial charge is 0.389 e. The fourth-order valence-electron chi connectivity index (χ4n) is 1.26. The van der Waals surface area contributed by atoms with E-state index >= 15 is 0 Å². The topological polar surface area (TPSA) is 55.1 Å². The van der Waals surface area contributed by atoms with E-state index in [1.807, 2.05) is 6.92 Å². The fourth-order valence-corrected chi connectivity index (χ4v) is 1.26. The minimum absolute atomic E-state index is 0.0585. The van der Waals surface area contributed by atoms with Gasteiger partial charge in [0, 0.05) is 19.4 Å². The predicted octanol–water partition coefficient (Wildman–Crippen LogP) is 2.21. The lowest BCUT2D eigenvalue weighted by atomic mass is 10.1. The van der Waals surface area contributed by atoms with Crippen molar-refractivity contribution in [3.63, 3.8) is 0 Å². The Morgan fingerprint density at radius 1 is 1.35 bits per heavy atom. The van der Waals surface area contributed by atoms with Gasteiger partial charge in [-0.05, 0) is 31.7 Å². The van der Waals surface area contributed by atoms with Crippen LogP contribution in [0.5, 0.6) is 0 Å². The molecule has 0 aromatic carbocycles. The number of carbonyl (C=O) groups is 1. The molecule has 0 spiro atoms. The first-order chi connectivity index (χ1) is 7.85. The third-order valence-electron chi connectivity index (χ3n) is 2.48. The zero-order chi connectivity index (χ0) is 13.3. The minimum atomic E-state index is -4.10. The molecule has 6 heteroatoms. The van der Waals surface area contributed by atoms with Gasteiger partial charge in [0.05, 0.1) is 0 Å². The van der Waals surface area contributed by atoms with E-state index in [9.17, 15) is 18.0 Å². The average Bonchev–Trinajstić information content (AvgIpc) is 2.23. The molecule has 1 unspecified atom stereocenters. The second-order valence-corrected chi connectivity index (χ2v) is 4.30. The third kappa shape index (κ3) is 11.5. The molecule has 3 nitrogen and oxygen atoms in total. The van der Waals surface area contributed by atoms with Crippen molar-refractivity contribution >= 4 is 5.91 Å². The number of nitrogens with one attached hydrogen (secondary N) is 1. The second kappa shape index (κ2) is 8.33. The van der Waals surface area contributed by atoms with Crippen LogP contribution in [0.3, 0.4) is 0 Å². The van der Waals surface area contributed by atoms with Gasteiger partial charge in [0.15, 0.2) is 0 Å². The highest BCUT2D eigenvalue weighted by Gasteiger charge is 2.25. The number of halogens is 3. The molecule has 0 aliphatic rings. The molecule has 0 aliphatic heterocycles. The van der Waals surface area contributed by atoms with E-state index in [4.69, 9.17) is 5.73 Å². The number of rotatable bonds is 8. The van der Waals surface area contributed by atoms with Crippen LogP contribution in [0.25, 0.3) is 0 Å². The van der Waals surface area contributed by atoms with Crippen molar-refractivity contribution in [3.05, 3.63) is 0 Å². The standard InChI is InChI=1S/C11H21F3N2O/c1-9(8-15)4-5-10(17)16-7-3-2-6-11(12,13)14/h9H,2-8,15H2,1H3,(H,16,17). The summed E-state index contributed by atoms with van der Waals surface area (Å²) in [6.07, 6.45) is -3.36. The molecule has 1 amide bonds. The first-order valence-corrected chi connectivity index (χ1v) is 5.88. The van der Waals surface area contributed by atoms with Gasteiger partial charge < -0.3 is 11.1 Å². The summed E-state index contributed by atoms with van der Waals surface area (Å²) in [5.41, 5.74) is 5.40. The molecule has 0 heterocycles. The van der Waals surface area contributed by atoms with Gasteiger partial charge in [-0.1, -0.05) is 6.92 Å². The number of hydrogen-bond donors (Lipinski definition) is 2. The highest BCUT2D eigenvalue weighted by atomic mass is 19.4. The summed E-state index contributed by atoms with van der Waals surface area (Å²) < 4.78 is 35.4. The van der Waals surface area contributed by atoms with Gasteiger partial charge in [0.1, 0.15) is 0 Å². The summed E-state index contributed by atoms with van der Waals surface area (Å²) in [7, 11) is 0. The van der Waals surface area contributed by atoms with E-state index in [0.29, 0.717) is 38.3 Å². The number of alkyl halides is 3. The van der Waals surface area contributed by atoms with Crippen LogP contribution in [-0.2, 0) is 4.79 Å². The van der Waals surface area contributed by atoms with Crippen molar-refractivity contribution in [2.45, 2.75) is 45.2 Å². The van der Waals surface area contributed by atoms with Crippen LogP contribution in [0.2, 0.25) is 0 Å². The molecule has 1 atom stereocenters. The van der Waals surface area contributed by atoms with Gasteiger partial charge in [0.25, 0.3) is 0 Å². The molecule has 0 radical (unpaired) electrons. The first-order valence-electron chi connectivity index (χ1n) is 5.88. The van der Waals surface area contributed by atoms with Crippen molar-refractivity contribution in [2.75, 3.05) is 13.1 Å². The Morgan fingerprint density at radius 2 is 2.00 bits per heavy atom. The third-order valence-corrected chi connectivity index (χ3v) is 2.48. The van der Waals surface area contributed by atoms with Gasteiger partial charge >= 0.3 is 6.18 Å². The molecule has 0 saturated carbocycles. The molecular formula is C11H21F3N2O. The van der Waals surface area contributed by atoms with Gasteiger partial charge in [-0.2, -0.15) is 13.2 Å². The molecule has 3 N–H and O–H groups in total. The summed E-state index contributed by atoms with van der Waals surface area (Å²) in [6, 6.07) is 0. The van der Waals surface area contributed by atoms with Crippen LogP contribution >= 0.6 is 0 Å². The highest BCUT2D eigenvalue weighted by molar-refractivity contribution is 5.75. The molecule has 0 saturated heterocycles. The van der Waals surface area contributed by atoms with Gasteiger partial charge in [-0.15, -0.1) is 0 Å². The normalized spacial score (nSPS) is 13.5. The molecule has 0 bridgehead atoms. The maximum Gasteiger partial charge on any atom is 0.389 e. The maximum absolute atomic E-state index is 11.8. The lowest BCUT2D eigenvalue weighted by Crippen LogP contribution is -2.25. The lowest BCUT2D eigenvalue weighted by molar-refractivity contribution is -0.135. The molecular weight excluding hydrogens is 233 g/mol. The Kier molecular flexibility index (Phi) is 7.95. The number of amides is 1. The Bertz CT molecular complexity index is 219. The summed E-state index contributed by atoms with van der Waals surface area (Å²) >= 11 is 0. The SMILES string of the molecule is CC(CN)CCC(=O)NCCCCC(F)(F)F.